The fourth-order valence-electron chi connectivity index (χ4n) is 3.42. The van der Waals surface area contributed by atoms with Crippen LogP contribution in [-0.4, -0.2) is 46.5 Å². The van der Waals surface area contributed by atoms with E-state index >= 15 is 0 Å². The van der Waals surface area contributed by atoms with Gasteiger partial charge in [0, 0.05) is 30.4 Å². The Morgan fingerprint density at radius 3 is 2.50 bits per heavy atom. The Labute approximate surface area is 148 Å². The summed E-state index contributed by atoms with van der Waals surface area (Å²) in [4.78, 5) is 30.3. The fourth-order valence-corrected chi connectivity index (χ4v) is 3.83. The van der Waals surface area contributed by atoms with Gasteiger partial charge >= 0.3 is 0 Å². The lowest BCUT2D eigenvalue weighted by Gasteiger charge is -2.30. The maximum Gasteiger partial charge on any atom is 0.245 e. The Kier molecular flexibility index (Phi) is 5.49. The summed E-state index contributed by atoms with van der Waals surface area (Å²) in [6.07, 6.45) is 6.45. The molecule has 3 rings (SSSR count). The molecule has 2 fully saturated rings. The highest BCUT2D eigenvalue weighted by molar-refractivity contribution is 7.98. The van der Waals surface area contributed by atoms with E-state index in [2.05, 4.69) is 30.5 Å². The molecule has 2 aliphatic rings. The minimum absolute atomic E-state index is 0.103. The van der Waals surface area contributed by atoms with E-state index in [1.807, 2.05) is 11.8 Å². The van der Waals surface area contributed by atoms with Crippen LogP contribution in [0.25, 0.3) is 0 Å². The second-order valence-electron chi connectivity index (χ2n) is 6.64. The average molecular weight is 346 g/mol. The number of amides is 2. The van der Waals surface area contributed by atoms with Gasteiger partial charge in [0.15, 0.2) is 0 Å². The van der Waals surface area contributed by atoms with E-state index in [1.165, 1.54) is 10.5 Å². The molecule has 1 unspecified atom stereocenters. The summed E-state index contributed by atoms with van der Waals surface area (Å²) in [6, 6.07) is 8.55. The van der Waals surface area contributed by atoms with Crippen molar-refractivity contribution in [3.8, 4) is 0 Å². The first-order chi connectivity index (χ1) is 11.6. The first kappa shape index (κ1) is 17.3. The van der Waals surface area contributed by atoms with E-state index in [1.54, 1.807) is 16.7 Å². The Bertz CT molecular complexity index is 598. The van der Waals surface area contributed by atoms with Gasteiger partial charge in [-0.05, 0) is 49.6 Å². The van der Waals surface area contributed by atoms with E-state index < -0.39 is 0 Å². The van der Waals surface area contributed by atoms with Gasteiger partial charge in [-0.2, -0.15) is 0 Å². The van der Waals surface area contributed by atoms with Crippen LogP contribution in [0.15, 0.2) is 29.2 Å². The van der Waals surface area contributed by atoms with Crippen molar-refractivity contribution in [3.63, 3.8) is 0 Å². The molecule has 1 saturated heterocycles. The molecule has 4 nitrogen and oxygen atoms in total. The molecule has 1 atom stereocenters. The number of rotatable bonds is 6. The van der Waals surface area contributed by atoms with Crippen LogP contribution in [0, 0.1) is 0 Å². The monoisotopic (exact) mass is 346 g/mol. The van der Waals surface area contributed by atoms with Crippen molar-refractivity contribution < 1.29 is 9.59 Å². The van der Waals surface area contributed by atoms with Gasteiger partial charge in [-0.25, -0.2) is 0 Å². The topological polar surface area (TPSA) is 40.6 Å². The predicted molar refractivity (Wildman–Crippen MR) is 96.8 cm³/mol. The van der Waals surface area contributed by atoms with Gasteiger partial charge in [-0.3, -0.25) is 9.59 Å². The number of likely N-dealkylation sites (tertiary alicyclic amines) is 1. The van der Waals surface area contributed by atoms with Crippen LogP contribution in [0.4, 0.5) is 0 Å². The van der Waals surface area contributed by atoms with Gasteiger partial charge in [0.1, 0.15) is 6.04 Å². The van der Waals surface area contributed by atoms with E-state index in [0.29, 0.717) is 19.0 Å². The maximum absolute atomic E-state index is 13.1. The quantitative estimate of drug-likeness (QED) is 0.742. The summed E-state index contributed by atoms with van der Waals surface area (Å²) in [6.45, 7) is 3.25. The standard InChI is InChI=1S/C19H26N2O2S/c1-3-18(22)20-12-4-5-17(20)19(23)21(15-8-9-15)13-14-6-10-16(24-2)11-7-14/h6-7,10-11,15,17H,3-5,8-9,12-13H2,1-2H3. The molecule has 0 spiro atoms. The first-order valence-electron chi connectivity index (χ1n) is 8.87. The molecule has 1 aromatic rings. The largest absolute Gasteiger partial charge is 0.334 e. The molecular weight excluding hydrogens is 320 g/mol. The molecule has 24 heavy (non-hydrogen) atoms. The fraction of sp³-hybridized carbons (Fsp3) is 0.579. The third-order valence-corrected chi connectivity index (χ3v) is 5.69. The molecule has 0 N–H and O–H groups in total. The second kappa shape index (κ2) is 7.60. The summed E-state index contributed by atoms with van der Waals surface area (Å²) in [5.41, 5.74) is 1.17. The molecule has 1 heterocycles. The summed E-state index contributed by atoms with van der Waals surface area (Å²) < 4.78 is 0. The lowest BCUT2D eigenvalue weighted by Crippen LogP contribution is -2.48. The number of hydrogen-bond donors (Lipinski definition) is 0. The van der Waals surface area contributed by atoms with Crippen LogP contribution in [-0.2, 0) is 16.1 Å². The average Bonchev–Trinajstić information content (AvgIpc) is 3.34. The van der Waals surface area contributed by atoms with Gasteiger partial charge in [0.25, 0.3) is 0 Å². The lowest BCUT2D eigenvalue weighted by molar-refractivity contribution is -0.144. The molecule has 0 bridgehead atoms. The molecular formula is C19H26N2O2S. The maximum atomic E-state index is 13.1. The van der Waals surface area contributed by atoms with E-state index in [0.717, 1.165) is 32.2 Å². The van der Waals surface area contributed by atoms with Gasteiger partial charge in [0.2, 0.25) is 11.8 Å². The number of carbonyl (C=O) groups is 2. The van der Waals surface area contributed by atoms with Crippen molar-refractivity contribution in [1.29, 1.82) is 0 Å². The minimum atomic E-state index is -0.247. The third kappa shape index (κ3) is 3.77. The van der Waals surface area contributed by atoms with Crippen LogP contribution >= 0.6 is 11.8 Å². The van der Waals surface area contributed by atoms with Crippen LogP contribution in [0.5, 0.6) is 0 Å². The van der Waals surface area contributed by atoms with E-state index in [4.69, 9.17) is 0 Å². The Balaban J connectivity index is 1.72. The lowest BCUT2D eigenvalue weighted by atomic mass is 10.1. The highest BCUT2D eigenvalue weighted by Gasteiger charge is 2.40. The number of benzene rings is 1. The van der Waals surface area contributed by atoms with Crippen LogP contribution in [0.3, 0.4) is 0 Å². The summed E-state index contributed by atoms with van der Waals surface area (Å²) in [5.74, 6) is 0.247. The smallest absolute Gasteiger partial charge is 0.245 e. The SMILES string of the molecule is CCC(=O)N1CCCC1C(=O)N(Cc1ccc(SC)cc1)C1CC1. The van der Waals surface area contributed by atoms with Crippen molar-refractivity contribution in [2.24, 2.45) is 0 Å². The zero-order valence-electron chi connectivity index (χ0n) is 14.5. The predicted octanol–water partition coefficient (Wildman–Crippen LogP) is 3.30. The highest BCUT2D eigenvalue weighted by atomic mass is 32.2. The van der Waals surface area contributed by atoms with Crippen LogP contribution in [0.2, 0.25) is 0 Å². The van der Waals surface area contributed by atoms with Crippen molar-refractivity contribution in [3.05, 3.63) is 29.8 Å². The molecule has 0 aromatic heterocycles. The van der Waals surface area contributed by atoms with E-state index in [9.17, 15) is 9.59 Å². The van der Waals surface area contributed by atoms with E-state index in [-0.39, 0.29) is 17.9 Å². The summed E-state index contributed by atoms with van der Waals surface area (Å²) in [7, 11) is 0. The number of hydrogen-bond acceptors (Lipinski definition) is 3. The molecule has 2 amide bonds. The number of nitrogens with zero attached hydrogens (tertiary/aromatic N) is 2. The summed E-state index contributed by atoms with van der Waals surface area (Å²) in [5, 5.41) is 0. The molecule has 1 aliphatic carbocycles. The van der Waals surface area contributed by atoms with Crippen LogP contribution < -0.4 is 0 Å². The van der Waals surface area contributed by atoms with Gasteiger partial charge in [-0.15, -0.1) is 11.8 Å². The van der Waals surface area contributed by atoms with Crippen molar-refractivity contribution >= 4 is 23.6 Å². The molecule has 5 heteroatoms. The molecule has 1 saturated carbocycles. The van der Waals surface area contributed by atoms with Crippen molar-refractivity contribution in [2.45, 2.75) is 62.6 Å². The third-order valence-electron chi connectivity index (χ3n) is 4.94. The molecule has 0 radical (unpaired) electrons. The normalized spacial score (nSPS) is 20.2. The summed E-state index contributed by atoms with van der Waals surface area (Å²) >= 11 is 1.72. The molecule has 130 valence electrons. The number of carbonyl (C=O) groups excluding carboxylic acids is 2. The Morgan fingerprint density at radius 2 is 1.92 bits per heavy atom. The molecule has 1 aliphatic heterocycles. The minimum Gasteiger partial charge on any atom is -0.334 e. The Morgan fingerprint density at radius 1 is 1.21 bits per heavy atom. The second-order valence-corrected chi connectivity index (χ2v) is 7.52. The van der Waals surface area contributed by atoms with Gasteiger partial charge in [0.05, 0.1) is 0 Å². The van der Waals surface area contributed by atoms with Gasteiger partial charge < -0.3 is 9.80 Å². The van der Waals surface area contributed by atoms with Crippen molar-refractivity contribution in [1.82, 2.24) is 9.80 Å². The first-order valence-corrected chi connectivity index (χ1v) is 10.1. The highest BCUT2D eigenvalue weighted by Crippen LogP contribution is 2.31. The van der Waals surface area contributed by atoms with Crippen molar-refractivity contribution in [2.75, 3.05) is 12.8 Å². The molecule has 1 aromatic carbocycles. The zero-order chi connectivity index (χ0) is 17.1. The van der Waals surface area contributed by atoms with Gasteiger partial charge in [-0.1, -0.05) is 19.1 Å². The zero-order valence-corrected chi connectivity index (χ0v) is 15.3. The Hall–Kier alpha value is -1.49. The van der Waals surface area contributed by atoms with Crippen LogP contribution in [0.1, 0.15) is 44.6 Å². The number of thioether (sulfide) groups is 1.